The lowest BCUT2D eigenvalue weighted by Crippen LogP contribution is -2.44. The van der Waals surface area contributed by atoms with Crippen molar-refractivity contribution >= 4 is 35.0 Å². The van der Waals surface area contributed by atoms with Gasteiger partial charge in [-0.1, -0.05) is 29.3 Å². The van der Waals surface area contributed by atoms with Crippen LogP contribution in [0.2, 0.25) is 10.0 Å². The Labute approximate surface area is 149 Å². The number of halogens is 2. The van der Waals surface area contributed by atoms with E-state index in [0.717, 1.165) is 6.42 Å². The number of benzene rings is 1. The number of piperidine rings is 1. The van der Waals surface area contributed by atoms with Crippen molar-refractivity contribution in [3.8, 4) is 11.3 Å². The van der Waals surface area contributed by atoms with Crippen LogP contribution in [0.5, 0.6) is 0 Å². The van der Waals surface area contributed by atoms with Gasteiger partial charge in [-0.3, -0.25) is 9.59 Å². The van der Waals surface area contributed by atoms with Crippen LogP contribution in [0.4, 0.5) is 0 Å². The van der Waals surface area contributed by atoms with Crippen molar-refractivity contribution in [3.63, 3.8) is 0 Å². The molecule has 7 heteroatoms. The van der Waals surface area contributed by atoms with Gasteiger partial charge in [-0.25, -0.2) is 0 Å². The zero-order valence-corrected chi connectivity index (χ0v) is 14.3. The lowest BCUT2D eigenvalue weighted by atomic mass is 9.97. The maximum Gasteiger partial charge on any atom is 0.289 e. The zero-order valence-electron chi connectivity index (χ0n) is 12.8. The van der Waals surface area contributed by atoms with Crippen molar-refractivity contribution in [2.45, 2.75) is 12.8 Å². The number of hydrogen-bond acceptors (Lipinski definition) is 3. The van der Waals surface area contributed by atoms with Gasteiger partial charge in [0.2, 0.25) is 5.91 Å². The molecule has 2 amide bonds. The average Bonchev–Trinajstić information content (AvgIpc) is 3.06. The van der Waals surface area contributed by atoms with Crippen LogP contribution in [-0.4, -0.2) is 29.8 Å². The number of likely N-dealkylation sites (tertiary alicyclic amines) is 1. The Morgan fingerprint density at radius 1 is 1.21 bits per heavy atom. The lowest BCUT2D eigenvalue weighted by molar-refractivity contribution is -0.123. The third kappa shape index (κ3) is 3.28. The minimum atomic E-state index is -0.377. The summed E-state index contributed by atoms with van der Waals surface area (Å²) in [5, 5.41) is 0.790. The predicted octanol–water partition coefficient (Wildman–Crippen LogP) is 3.59. The second-order valence-corrected chi connectivity index (χ2v) is 6.54. The first-order valence-electron chi connectivity index (χ1n) is 7.60. The van der Waals surface area contributed by atoms with E-state index in [-0.39, 0.29) is 23.5 Å². The highest BCUT2D eigenvalue weighted by Gasteiger charge is 2.29. The minimum absolute atomic E-state index is 0.200. The molecule has 0 aliphatic carbocycles. The van der Waals surface area contributed by atoms with Gasteiger partial charge in [0.05, 0.1) is 16.0 Å². The van der Waals surface area contributed by atoms with Crippen molar-refractivity contribution in [3.05, 3.63) is 46.1 Å². The molecule has 1 fully saturated rings. The molecule has 24 heavy (non-hydrogen) atoms. The summed E-state index contributed by atoms with van der Waals surface area (Å²) < 4.78 is 5.67. The predicted molar refractivity (Wildman–Crippen MR) is 92.0 cm³/mol. The molecule has 2 N–H and O–H groups in total. The number of nitrogens with two attached hydrogens (primary N) is 1. The molecule has 1 saturated heterocycles. The van der Waals surface area contributed by atoms with Crippen LogP contribution >= 0.6 is 23.2 Å². The molecule has 2 heterocycles. The molecule has 0 spiro atoms. The average molecular weight is 367 g/mol. The highest BCUT2D eigenvalue weighted by Crippen LogP contribution is 2.34. The Balaban J connectivity index is 1.81. The van der Waals surface area contributed by atoms with E-state index in [4.69, 9.17) is 33.4 Å². The molecule has 0 radical (unpaired) electrons. The van der Waals surface area contributed by atoms with Gasteiger partial charge in [0.1, 0.15) is 5.76 Å². The fourth-order valence-electron chi connectivity index (χ4n) is 2.84. The lowest BCUT2D eigenvalue weighted by Gasteiger charge is -2.30. The topological polar surface area (TPSA) is 76.5 Å². The van der Waals surface area contributed by atoms with E-state index in [1.54, 1.807) is 35.2 Å². The molecule has 1 aliphatic heterocycles. The van der Waals surface area contributed by atoms with E-state index in [9.17, 15) is 9.59 Å². The van der Waals surface area contributed by atoms with Gasteiger partial charge in [-0.05, 0) is 37.1 Å². The molecule has 1 atom stereocenters. The summed E-state index contributed by atoms with van der Waals surface area (Å²) in [6.07, 6.45) is 1.45. The van der Waals surface area contributed by atoms with E-state index < -0.39 is 0 Å². The van der Waals surface area contributed by atoms with Gasteiger partial charge >= 0.3 is 0 Å². The smallest absolute Gasteiger partial charge is 0.289 e. The fraction of sp³-hybridized carbons (Fsp3) is 0.294. The van der Waals surface area contributed by atoms with Crippen LogP contribution in [0.1, 0.15) is 23.4 Å². The molecule has 3 rings (SSSR count). The number of carbonyl (C=O) groups is 2. The van der Waals surface area contributed by atoms with Gasteiger partial charge in [0.25, 0.3) is 5.91 Å². The van der Waals surface area contributed by atoms with Crippen molar-refractivity contribution < 1.29 is 14.0 Å². The molecular formula is C17H16Cl2N2O3. The SMILES string of the molecule is NC(=O)[C@H]1CCCN(C(=O)c2ccc(-c3cccc(Cl)c3Cl)o2)C1. The summed E-state index contributed by atoms with van der Waals surface area (Å²) in [5.41, 5.74) is 5.97. The molecular weight excluding hydrogens is 351 g/mol. The number of amides is 2. The molecule has 1 aliphatic rings. The molecule has 2 aromatic rings. The highest BCUT2D eigenvalue weighted by molar-refractivity contribution is 6.43. The Bertz CT molecular complexity index is 788. The Hall–Kier alpha value is -1.98. The standard InChI is InChI=1S/C17H16Cl2N2O3/c18-12-5-1-4-11(15(12)19)13-6-7-14(24-13)17(23)21-8-2-3-10(9-21)16(20)22/h1,4-7,10H,2-3,8-9H2,(H2,20,22)/t10-/m0/s1. The van der Waals surface area contributed by atoms with Crippen LogP contribution < -0.4 is 5.73 Å². The van der Waals surface area contributed by atoms with Crippen molar-refractivity contribution in [2.24, 2.45) is 11.7 Å². The van der Waals surface area contributed by atoms with Crippen molar-refractivity contribution in [2.75, 3.05) is 13.1 Å². The van der Waals surface area contributed by atoms with Crippen LogP contribution in [0, 0.1) is 5.92 Å². The number of carbonyl (C=O) groups excluding carboxylic acids is 2. The monoisotopic (exact) mass is 366 g/mol. The third-order valence-corrected chi connectivity index (χ3v) is 4.96. The molecule has 126 valence electrons. The van der Waals surface area contributed by atoms with Crippen molar-refractivity contribution in [1.29, 1.82) is 0 Å². The van der Waals surface area contributed by atoms with Crippen LogP contribution in [0.15, 0.2) is 34.7 Å². The largest absolute Gasteiger partial charge is 0.451 e. The summed E-state index contributed by atoms with van der Waals surface area (Å²) >= 11 is 12.2. The summed E-state index contributed by atoms with van der Waals surface area (Å²) in [5.74, 6) is -0.274. The van der Waals surface area contributed by atoms with Crippen molar-refractivity contribution in [1.82, 2.24) is 4.90 Å². The molecule has 1 aromatic carbocycles. The number of hydrogen-bond donors (Lipinski definition) is 1. The number of furan rings is 1. The number of primary amides is 1. The van der Waals surface area contributed by atoms with E-state index >= 15 is 0 Å². The zero-order chi connectivity index (χ0) is 17.3. The van der Waals surface area contributed by atoms with Gasteiger partial charge in [0, 0.05) is 18.7 Å². The number of rotatable bonds is 3. The van der Waals surface area contributed by atoms with Crippen LogP contribution in [0.3, 0.4) is 0 Å². The third-order valence-electron chi connectivity index (χ3n) is 4.14. The van der Waals surface area contributed by atoms with Crippen LogP contribution in [0.25, 0.3) is 11.3 Å². The Morgan fingerprint density at radius 2 is 2.00 bits per heavy atom. The highest BCUT2D eigenvalue weighted by atomic mass is 35.5. The van der Waals surface area contributed by atoms with Gasteiger partial charge in [-0.2, -0.15) is 0 Å². The maximum absolute atomic E-state index is 12.6. The van der Waals surface area contributed by atoms with Gasteiger partial charge in [-0.15, -0.1) is 0 Å². The summed E-state index contributed by atoms with van der Waals surface area (Å²) in [7, 11) is 0. The minimum Gasteiger partial charge on any atom is -0.451 e. The van der Waals surface area contributed by atoms with E-state index in [2.05, 4.69) is 0 Å². The van der Waals surface area contributed by atoms with E-state index in [0.29, 0.717) is 40.9 Å². The summed E-state index contributed by atoms with van der Waals surface area (Å²) in [4.78, 5) is 25.5. The summed E-state index contributed by atoms with van der Waals surface area (Å²) in [6.45, 7) is 0.901. The maximum atomic E-state index is 12.6. The first-order valence-corrected chi connectivity index (χ1v) is 8.35. The fourth-order valence-corrected chi connectivity index (χ4v) is 3.24. The quantitative estimate of drug-likeness (QED) is 0.901. The molecule has 0 unspecified atom stereocenters. The first kappa shape index (κ1) is 16.9. The van der Waals surface area contributed by atoms with E-state index in [1.807, 2.05) is 0 Å². The molecule has 5 nitrogen and oxygen atoms in total. The van der Waals surface area contributed by atoms with Gasteiger partial charge in [0.15, 0.2) is 5.76 Å². The van der Waals surface area contributed by atoms with E-state index in [1.165, 1.54) is 0 Å². The van der Waals surface area contributed by atoms with Gasteiger partial charge < -0.3 is 15.1 Å². The van der Waals surface area contributed by atoms with Crippen LogP contribution in [-0.2, 0) is 4.79 Å². The summed E-state index contributed by atoms with van der Waals surface area (Å²) in [6, 6.07) is 8.49. The Kier molecular flexibility index (Phi) is 4.83. The normalized spacial score (nSPS) is 17.8. The second-order valence-electron chi connectivity index (χ2n) is 5.76. The first-order chi connectivity index (χ1) is 11.5. The molecule has 0 saturated carbocycles. The molecule has 1 aromatic heterocycles. The second kappa shape index (κ2) is 6.87. The molecule has 0 bridgehead atoms. The Morgan fingerprint density at radius 3 is 2.75 bits per heavy atom. The number of nitrogens with zero attached hydrogens (tertiary/aromatic N) is 1.